The van der Waals surface area contributed by atoms with Gasteiger partial charge in [-0.3, -0.25) is 0 Å². The van der Waals surface area contributed by atoms with Crippen molar-refractivity contribution in [3.63, 3.8) is 0 Å². The van der Waals surface area contributed by atoms with Gasteiger partial charge >= 0.3 is 0 Å². The molecular formula is C48H43N3. The first kappa shape index (κ1) is 32.4. The Balaban J connectivity index is 1.23. The van der Waals surface area contributed by atoms with E-state index in [1.54, 1.807) is 0 Å². The molecule has 3 heteroatoms. The Hall–Kier alpha value is -5.80. The Labute approximate surface area is 302 Å². The second-order valence-corrected chi connectivity index (χ2v) is 14.1. The quantitative estimate of drug-likeness (QED) is 0.181. The summed E-state index contributed by atoms with van der Waals surface area (Å²) in [4.78, 5) is 12.6. The zero-order valence-electron chi connectivity index (χ0n) is 29.6. The molecule has 3 nitrogen and oxygen atoms in total. The standard InChI is InChI=1S/C48H43N3/c1-5-6-17-37(47-50-45(34-18-9-7-10-19-34)49-46(51(47)4)35-20-11-8-12-21-35)31-38-30-33(2)26-27-39(38)36-28-29-48(3)43-25-16-15-23-41(43)40-22-13-14-24-42(40)44(48)32-36/h5-25,27-33,44,46H,1,26H2,2-4H3/b17-6-,37-31-. The summed E-state index contributed by atoms with van der Waals surface area (Å²) in [5.74, 6) is 2.23. The predicted octanol–water partition coefficient (Wildman–Crippen LogP) is 11.3. The summed E-state index contributed by atoms with van der Waals surface area (Å²) >= 11 is 0. The molecular weight excluding hydrogens is 619 g/mol. The van der Waals surface area contributed by atoms with Gasteiger partial charge in [-0.25, -0.2) is 9.98 Å². The van der Waals surface area contributed by atoms with Crippen molar-refractivity contribution in [3.05, 3.63) is 215 Å². The Morgan fingerprint density at radius 1 is 0.863 bits per heavy atom. The van der Waals surface area contributed by atoms with E-state index >= 15 is 0 Å². The van der Waals surface area contributed by atoms with Crippen molar-refractivity contribution >= 4 is 11.7 Å². The zero-order valence-corrected chi connectivity index (χ0v) is 29.6. The van der Waals surface area contributed by atoms with Crippen LogP contribution in [0.2, 0.25) is 0 Å². The number of likely N-dealkylation sites (N-methyl/N-ethyl adjacent to an activating group) is 1. The normalized spacial score (nSPS) is 24.0. The van der Waals surface area contributed by atoms with Gasteiger partial charge in [0.05, 0.1) is 0 Å². The van der Waals surface area contributed by atoms with E-state index in [1.165, 1.54) is 39.0 Å². The van der Waals surface area contributed by atoms with Crippen LogP contribution in [-0.2, 0) is 5.41 Å². The maximum absolute atomic E-state index is 5.26. The lowest BCUT2D eigenvalue weighted by Gasteiger charge is -2.43. The van der Waals surface area contributed by atoms with Gasteiger partial charge in [0.1, 0.15) is 12.0 Å². The Bertz CT molecular complexity index is 2240. The lowest BCUT2D eigenvalue weighted by atomic mass is 9.59. The fourth-order valence-electron chi connectivity index (χ4n) is 8.09. The molecule has 0 amide bonds. The van der Waals surface area contributed by atoms with Crippen molar-refractivity contribution in [1.29, 1.82) is 0 Å². The third kappa shape index (κ3) is 5.93. The maximum Gasteiger partial charge on any atom is 0.159 e. The molecule has 4 aromatic rings. The average molecular weight is 662 g/mol. The third-order valence-corrected chi connectivity index (χ3v) is 10.7. The molecule has 1 aliphatic heterocycles. The van der Waals surface area contributed by atoms with E-state index in [0.29, 0.717) is 5.92 Å². The highest BCUT2D eigenvalue weighted by molar-refractivity contribution is 6.14. The van der Waals surface area contributed by atoms with Gasteiger partial charge in [0.25, 0.3) is 0 Å². The fourth-order valence-corrected chi connectivity index (χ4v) is 8.09. The smallest absolute Gasteiger partial charge is 0.159 e. The second-order valence-electron chi connectivity index (χ2n) is 14.1. The monoisotopic (exact) mass is 661 g/mol. The van der Waals surface area contributed by atoms with E-state index in [9.17, 15) is 0 Å². The van der Waals surface area contributed by atoms with Crippen LogP contribution in [0.15, 0.2) is 203 Å². The number of rotatable bonds is 7. The maximum atomic E-state index is 5.26. The molecule has 0 N–H and O–H groups in total. The number of aliphatic imine (C=N–C) groups is 2. The van der Waals surface area contributed by atoms with Gasteiger partial charge in [-0.05, 0) is 63.0 Å². The highest BCUT2D eigenvalue weighted by Gasteiger charge is 2.42. The first-order valence-corrected chi connectivity index (χ1v) is 18.0. The molecule has 0 saturated carbocycles. The minimum atomic E-state index is -0.223. The van der Waals surface area contributed by atoms with Crippen molar-refractivity contribution in [2.75, 3.05) is 7.05 Å². The molecule has 250 valence electrons. The van der Waals surface area contributed by atoms with Gasteiger partial charge in [0.2, 0.25) is 0 Å². The lowest BCUT2D eigenvalue weighted by molar-refractivity contribution is 0.382. The molecule has 0 bridgehead atoms. The van der Waals surface area contributed by atoms with Crippen molar-refractivity contribution in [1.82, 2.24) is 4.90 Å². The number of amidine groups is 2. The number of hydrogen-bond acceptors (Lipinski definition) is 3. The van der Waals surface area contributed by atoms with Crippen molar-refractivity contribution in [2.24, 2.45) is 15.9 Å². The molecule has 0 fully saturated rings. The summed E-state index contributed by atoms with van der Waals surface area (Å²) in [6.07, 6.45) is 21.3. The molecule has 0 spiro atoms. The molecule has 0 saturated heterocycles. The number of hydrogen-bond donors (Lipinski definition) is 0. The van der Waals surface area contributed by atoms with Crippen LogP contribution in [0.4, 0.5) is 0 Å². The molecule has 4 atom stereocenters. The number of benzene rings is 4. The van der Waals surface area contributed by atoms with Crippen LogP contribution in [0.3, 0.4) is 0 Å². The molecule has 4 aliphatic rings. The summed E-state index contributed by atoms with van der Waals surface area (Å²) < 4.78 is 0. The molecule has 3 aliphatic carbocycles. The van der Waals surface area contributed by atoms with Gasteiger partial charge in [0.15, 0.2) is 5.84 Å². The highest BCUT2D eigenvalue weighted by atomic mass is 15.3. The van der Waals surface area contributed by atoms with Crippen molar-refractivity contribution < 1.29 is 0 Å². The number of allylic oxidation sites excluding steroid dienone is 11. The summed E-state index contributed by atoms with van der Waals surface area (Å²) in [6, 6.07) is 38.6. The SMILES string of the molecule is C=C/C=C\C(=C\C1=CC(C)CC=C1C1=CC2c3ccccc3-c3ccccc3C2(C)C=C1)C1=NC(c2ccccc2)=NC(c2ccccc2)N1C. The molecule has 8 rings (SSSR count). The molecule has 0 radical (unpaired) electrons. The van der Waals surface area contributed by atoms with Crippen LogP contribution in [0.5, 0.6) is 0 Å². The largest absolute Gasteiger partial charge is 0.333 e. The number of nitrogens with zero attached hydrogens (tertiary/aromatic N) is 3. The third-order valence-electron chi connectivity index (χ3n) is 10.7. The van der Waals surface area contributed by atoms with Crippen LogP contribution in [0.1, 0.15) is 54.6 Å². The van der Waals surface area contributed by atoms with E-state index in [1.807, 2.05) is 36.4 Å². The topological polar surface area (TPSA) is 28.0 Å². The Morgan fingerprint density at radius 3 is 2.35 bits per heavy atom. The Morgan fingerprint density at radius 2 is 1.57 bits per heavy atom. The minimum absolute atomic E-state index is 0.131. The van der Waals surface area contributed by atoms with Crippen LogP contribution in [0, 0.1) is 5.92 Å². The average Bonchev–Trinajstić information content (AvgIpc) is 3.17. The van der Waals surface area contributed by atoms with Crippen LogP contribution < -0.4 is 0 Å². The lowest BCUT2D eigenvalue weighted by Crippen LogP contribution is -2.36. The fraction of sp³-hybridized carbons (Fsp3) is 0.167. The first-order chi connectivity index (χ1) is 24.9. The van der Waals surface area contributed by atoms with Gasteiger partial charge < -0.3 is 4.90 Å². The first-order valence-electron chi connectivity index (χ1n) is 18.0. The highest BCUT2D eigenvalue weighted by Crippen LogP contribution is 2.54. The van der Waals surface area contributed by atoms with E-state index in [4.69, 9.17) is 9.98 Å². The molecule has 4 aromatic carbocycles. The predicted molar refractivity (Wildman–Crippen MR) is 214 cm³/mol. The summed E-state index contributed by atoms with van der Waals surface area (Å²) in [6.45, 7) is 8.71. The molecule has 0 aromatic heterocycles. The van der Waals surface area contributed by atoms with Crippen LogP contribution in [-0.4, -0.2) is 23.6 Å². The summed E-state index contributed by atoms with van der Waals surface area (Å²) in [5, 5.41) is 0. The molecule has 1 heterocycles. The summed E-state index contributed by atoms with van der Waals surface area (Å²) in [7, 11) is 2.09. The van der Waals surface area contributed by atoms with Crippen molar-refractivity contribution in [2.45, 2.75) is 37.8 Å². The van der Waals surface area contributed by atoms with Crippen molar-refractivity contribution in [3.8, 4) is 11.1 Å². The van der Waals surface area contributed by atoms with E-state index in [-0.39, 0.29) is 17.5 Å². The van der Waals surface area contributed by atoms with E-state index < -0.39 is 0 Å². The van der Waals surface area contributed by atoms with Gasteiger partial charge in [-0.2, -0.15) is 0 Å². The number of fused-ring (bicyclic) bond motifs is 6. The van der Waals surface area contributed by atoms with E-state index in [2.05, 4.69) is 160 Å². The van der Waals surface area contributed by atoms with Crippen LogP contribution >= 0.6 is 0 Å². The summed E-state index contributed by atoms with van der Waals surface area (Å²) in [5.41, 5.74) is 12.2. The van der Waals surface area contributed by atoms with E-state index in [0.717, 1.165) is 34.8 Å². The van der Waals surface area contributed by atoms with Gasteiger partial charge in [0, 0.05) is 29.5 Å². The molecule has 4 unspecified atom stereocenters. The van der Waals surface area contributed by atoms with Crippen LogP contribution in [0.25, 0.3) is 11.1 Å². The second kappa shape index (κ2) is 13.5. The Kier molecular flexibility index (Phi) is 8.57. The minimum Gasteiger partial charge on any atom is -0.333 e. The van der Waals surface area contributed by atoms with Gasteiger partial charge in [-0.1, -0.05) is 178 Å². The molecule has 51 heavy (non-hydrogen) atoms. The van der Waals surface area contributed by atoms with Gasteiger partial charge in [-0.15, -0.1) is 0 Å². The zero-order chi connectivity index (χ0) is 35.0.